The molecule has 2 spiro atoms. The van der Waals surface area contributed by atoms with E-state index < -0.39 is 75.2 Å². The van der Waals surface area contributed by atoms with Gasteiger partial charge in [-0.3, -0.25) is 9.59 Å². The van der Waals surface area contributed by atoms with Gasteiger partial charge in [0.15, 0.2) is 11.4 Å². The van der Waals surface area contributed by atoms with Crippen molar-refractivity contribution in [2.45, 2.75) is 94.3 Å². The Labute approximate surface area is 208 Å². The van der Waals surface area contributed by atoms with Gasteiger partial charge in [-0.2, -0.15) is 0 Å². The second-order valence-corrected chi connectivity index (χ2v) is 12.7. The molecule has 2 N–H and O–H groups in total. The third-order valence-corrected chi connectivity index (χ3v) is 10.1. The third-order valence-electron chi connectivity index (χ3n) is 10.1. The van der Waals surface area contributed by atoms with Gasteiger partial charge in [0.05, 0.1) is 6.26 Å². The van der Waals surface area contributed by atoms with Crippen LogP contribution in [0.1, 0.15) is 53.9 Å². The van der Waals surface area contributed by atoms with E-state index in [9.17, 15) is 24.6 Å². The van der Waals surface area contributed by atoms with Crippen LogP contribution in [0.15, 0.2) is 35.1 Å². The first-order valence-corrected chi connectivity index (χ1v) is 12.6. The molecule has 5 aliphatic heterocycles. The SMILES string of the molecule is CC1(C)OC=C2CC34CCC5(C)C(=O)C(C)(O)C6C7OC(=O)C(C)(O)C7OC(O3)(C(=O)C4=CC=C21)C65. The van der Waals surface area contributed by atoms with E-state index in [4.69, 9.17) is 18.9 Å². The Hall–Kier alpha value is -2.33. The van der Waals surface area contributed by atoms with E-state index >= 15 is 0 Å². The van der Waals surface area contributed by atoms with Crippen molar-refractivity contribution in [1.29, 1.82) is 0 Å². The van der Waals surface area contributed by atoms with Crippen LogP contribution in [-0.4, -0.2) is 68.1 Å². The number of hydrogen-bond acceptors (Lipinski definition) is 9. The van der Waals surface area contributed by atoms with Crippen LogP contribution in [-0.2, 0) is 33.3 Å². The standard InChI is InChI=1S/C27H30O9/c1-22(2)13-6-7-14-18(28)27-17-15(16-19(35-27)25(5,32)21(30)34-16)24(4,31)20(29)23(17,3)8-9-26(14,36-27)10-12(13)11-33-22/h6-7,11,15-17,19,31-32H,8-10H2,1-5H3. The van der Waals surface area contributed by atoms with Crippen molar-refractivity contribution in [3.05, 3.63) is 35.1 Å². The summed E-state index contributed by atoms with van der Waals surface area (Å²) in [5.41, 5.74) is -4.50. The van der Waals surface area contributed by atoms with Crippen LogP contribution < -0.4 is 0 Å². The maximum absolute atomic E-state index is 14.4. The minimum Gasteiger partial charge on any atom is -0.490 e. The molecular formula is C27H30O9. The van der Waals surface area contributed by atoms with Crippen molar-refractivity contribution >= 4 is 17.5 Å². The summed E-state index contributed by atoms with van der Waals surface area (Å²) in [6.45, 7) is 8.33. The first-order valence-electron chi connectivity index (χ1n) is 12.6. The second kappa shape index (κ2) is 6.04. The second-order valence-electron chi connectivity index (χ2n) is 12.7. The molecular weight excluding hydrogens is 468 g/mol. The number of aliphatic hydroxyl groups is 2. The van der Waals surface area contributed by atoms with Crippen molar-refractivity contribution in [1.82, 2.24) is 0 Å². The van der Waals surface area contributed by atoms with Crippen LogP contribution in [0.3, 0.4) is 0 Å². The summed E-state index contributed by atoms with van der Waals surface area (Å²) in [5, 5.41) is 22.6. The number of ketones is 2. The highest BCUT2D eigenvalue weighted by Crippen LogP contribution is 2.69. The number of ether oxygens (including phenoxy) is 4. The average molecular weight is 499 g/mol. The molecule has 0 amide bonds. The quantitative estimate of drug-likeness (QED) is 0.476. The number of hydrogen-bond donors (Lipinski definition) is 2. The van der Waals surface area contributed by atoms with E-state index in [-0.39, 0.29) is 0 Å². The van der Waals surface area contributed by atoms with E-state index in [1.807, 2.05) is 19.9 Å². The first-order chi connectivity index (χ1) is 16.6. The van der Waals surface area contributed by atoms with Gasteiger partial charge in [-0.25, -0.2) is 4.79 Å². The summed E-state index contributed by atoms with van der Waals surface area (Å²) in [7, 11) is 0. The summed E-state index contributed by atoms with van der Waals surface area (Å²) < 4.78 is 24.6. The Balaban J connectivity index is 1.46. The predicted octanol–water partition coefficient (Wildman–Crippen LogP) is 1.41. The fourth-order valence-corrected chi connectivity index (χ4v) is 8.29. The van der Waals surface area contributed by atoms with Gasteiger partial charge in [0.25, 0.3) is 0 Å². The van der Waals surface area contributed by atoms with Gasteiger partial charge >= 0.3 is 5.97 Å². The highest BCUT2D eigenvalue weighted by atomic mass is 16.7. The lowest BCUT2D eigenvalue weighted by molar-refractivity contribution is -0.339. The number of carbonyl (C=O) groups excluding carboxylic acids is 3. The number of allylic oxidation sites excluding steroid dienone is 2. The molecule has 9 nitrogen and oxygen atoms in total. The smallest absolute Gasteiger partial charge is 0.341 e. The number of esters is 1. The summed E-state index contributed by atoms with van der Waals surface area (Å²) in [5.74, 6) is -5.65. The molecule has 4 saturated heterocycles. The van der Waals surface area contributed by atoms with Gasteiger partial charge in [-0.05, 0) is 46.1 Å². The molecule has 2 aliphatic carbocycles. The third kappa shape index (κ3) is 2.23. The monoisotopic (exact) mass is 498 g/mol. The molecule has 0 radical (unpaired) electrons. The zero-order valence-corrected chi connectivity index (χ0v) is 20.9. The Morgan fingerprint density at radius 2 is 1.64 bits per heavy atom. The molecule has 9 unspecified atom stereocenters. The zero-order valence-electron chi connectivity index (χ0n) is 20.9. The maximum Gasteiger partial charge on any atom is 0.341 e. The van der Waals surface area contributed by atoms with Crippen molar-refractivity contribution in [3.63, 3.8) is 0 Å². The van der Waals surface area contributed by atoms with Gasteiger partial charge in [0.2, 0.25) is 11.6 Å². The summed E-state index contributed by atoms with van der Waals surface area (Å²) in [6.07, 6.45) is 3.99. The van der Waals surface area contributed by atoms with E-state index in [0.717, 1.165) is 11.1 Å². The van der Waals surface area contributed by atoms with Crippen molar-refractivity contribution < 1.29 is 43.5 Å². The van der Waals surface area contributed by atoms with Gasteiger partial charge in [0.1, 0.15) is 29.0 Å². The normalized spacial score (nSPS) is 53.6. The molecule has 5 fully saturated rings. The number of fused-ring (bicyclic) bond motifs is 3. The molecule has 9 atom stereocenters. The highest BCUT2D eigenvalue weighted by molar-refractivity contribution is 6.08. The van der Waals surface area contributed by atoms with Gasteiger partial charge in [0, 0.05) is 34.8 Å². The molecule has 0 aromatic heterocycles. The summed E-state index contributed by atoms with van der Waals surface area (Å²) in [4.78, 5) is 40.9. The van der Waals surface area contributed by atoms with Crippen LogP contribution in [0.5, 0.6) is 0 Å². The molecule has 7 aliphatic rings. The molecule has 5 heterocycles. The summed E-state index contributed by atoms with van der Waals surface area (Å²) in [6, 6.07) is 0. The van der Waals surface area contributed by atoms with E-state index in [1.54, 1.807) is 19.3 Å². The lowest BCUT2D eigenvalue weighted by Gasteiger charge is -2.50. The Bertz CT molecular complexity index is 1270. The highest BCUT2D eigenvalue weighted by Gasteiger charge is 2.84. The van der Waals surface area contributed by atoms with Crippen molar-refractivity contribution in [2.24, 2.45) is 17.3 Å². The Kier molecular flexibility index (Phi) is 3.83. The topological polar surface area (TPSA) is 129 Å². The molecule has 1 saturated carbocycles. The molecule has 2 bridgehead atoms. The van der Waals surface area contributed by atoms with Crippen LogP contribution in [0.25, 0.3) is 0 Å². The fourth-order valence-electron chi connectivity index (χ4n) is 8.29. The van der Waals surface area contributed by atoms with Gasteiger partial charge in [-0.15, -0.1) is 0 Å². The molecule has 192 valence electrons. The van der Waals surface area contributed by atoms with E-state index in [0.29, 0.717) is 24.8 Å². The van der Waals surface area contributed by atoms with Crippen molar-refractivity contribution in [3.8, 4) is 0 Å². The predicted molar refractivity (Wildman–Crippen MR) is 121 cm³/mol. The Morgan fingerprint density at radius 3 is 2.36 bits per heavy atom. The molecule has 0 aromatic rings. The van der Waals surface area contributed by atoms with Gasteiger partial charge < -0.3 is 29.2 Å². The number of Topliss-reactive ketones (excluding diaryl/α,β-unsaturated/α-hetero) is 2. The molecule has 0 aromatic carbocycles. The van der Waals surface area contributed by atoms with E-state index in [2.05, 4.69) is 0 Å². The number of rotatable bonds is 0. The lowest BCUT2D eigenvalue weighted by Crippen LogP contribution is -2.66. The Morgan fingerprint density at radius 1 is 0.944 bits per heavy atom. The first kappa shape index (κ1) is 22.8. The van der Waals surface area contributed by atoms with Crippen LogP contribution in [0, 0.1) is 17.3 Å². The molecule has 36 heavy (non-hydrogen) atoms. The van der Waals surface area contributed by atoms with Crippen LogP contribution in [0.2, 0.25) is 0 Å². The number of carbonyl (C=O) groups is 3. The average Bonchev–Trinajstić information content (AvgIpc) is 3.24. The largest absolute Gasteiger partial charge is 0.490 e. The minimum atomic E-state index is -2.08. The minimum absolute atomic E-state index is 0.341. The van der Waals surface area contributed by atoms with Crippen LogP contribution >= 0.6 is 0 Å². The fraction of sp³-hybridized carbons (Fsp3) is 0.667. The maximum atomic E-state index is 14.4. The zero-order chi connectivity index (χ0) is 25.8. The molecule has 7 rings (SSSR count). The van der Waals surface area contributed by atoms with E-state index in [1.165, 1.54) is 13.8 Å². The van der Waals surface area contributed by atoms with Gasteiger partial charge in [-0.1, -0.05) is 19.1 Å². The molecule has 9 heteroatoms. The van der Waals surface area contributed by atoms with Crippen molar-refractivity contribution in [2.75, 3.05) is 0 Å². The summed E-state index contributed by atoms with van der Waals surface area (Å²) >= 11 is 0. The van der Waals surface area contributed by atoms with Crippen LogP contribution in [0.4, 0.5) is 0 Å². The lowest BCUT2D eigenvalue weighted by atomic mass is 9.62.